The molecule has 1 fully saturated rings. The van der Waals surface area contributed by atoms with E-state index >= 15 is 0 Å². The molecule has 2 heterocycles. The molecule has 156 valence electrons. The number of nitrogens with zero attached hydrogens (tertiary/aromatic N) is 4. The minimum Gasteiger partial charge on any atom is -0.360 e. The van der Waals surface area contributed by atoms with Crippen LogP contribution in [0.15, 0.2) is 34.7 Å². The number of piperazine rings is 1. The predicted molar refractivity (Wildman–Crippen MR) is 118 cm³/mol. The van der Waals surface area contributed by atoms with Crippen molar-refractivity contribution in [1.82, 2.24) is 20.0 Å². The summed E-state index contributed by atoms with van der Waals surface area (Å²) in [6, 6.07) is 9.25. The molecule has 8 nitrogen and oxygen atoms in total. The Bertz CT molecular complexity index is 793. The van der Waals surface area contributed by atoms with Gasteiger partial charge in [0.15, 0.2) is 4.34 Å². The van der Waals surface area contributed by atoms with Crippen molar-refractivity contribution in [3.63, 3.8) is 0 Å². The number of hydrogen-bond donors (Lipinski definition) is 2. The molecular weight excluding hydrogens is 408 g/mol. The van der Waals surface area contributed by atoms with Crippen molar-refractivity contribution in [2.75, 3.05) is 49.1 Å². The number of nitrogens with one attached hydrogen (secondary N) is 2. The molecule has 0 aliphatic carbocycles. The molecule has 3 rings (SSSR count). The zero-order valence-corrected chi connectivity index (χ0v) is 18.1. The summed E-state index contributed by atoms with van der Waals surface area (Å²) in [6.07, 6.45) is 2.22. The average Bonchev–Trinajstić information content (AvgIpc) is 3.21. The molecule has 10 heteroatoms. The van der Waals surface area contributed by atoms with Gasteiger partial charge < -0.3 is 20.4 Å². The summed E-state index contributed by atoms with van der Waals surface area (Å²) in [7, 11) is 0. The third-order valence-corrected chi connectivity index (χ3v) is 6.48. The van der Waals surface area contributed by atoms with Gasteiger partial charge in [0.25, 0.3) is 0 Å². The van der Waals surface area contributed by atoms with Gasteiger partial charge >= 0.3 is 6.03 Å². The van der Waals surface area contributed by atoms with E-state index in [0.717, 1.165) is 34.5 Å². The second-order valence-corrected chi connectivity index (χ2v) is 8.81. The maximum Gasteiger partial charge on any atom is 0.321 e. The fourth-order valence-electron chi connectivity index (χ4n) is 2.81. The third kappa shape index (κ3) is 6.60. The number of hydrogen-bond acceptors (Lipinski definition) is 7. The van der Waals surface area contributed by atoms with E-state index in [2.05, 4.69) is 27.8 Å². The number of urea groups is 1. The first-order chi connectivity index (χ1) is 14.2. The molecule has 3 amide bonds. The lowest BCUT2D eigenvalue weighted by Crippen LogP contribution is -2.52. The molecule has 0 spiro atoms. The predicted octanol–water partition coefficient (Wildman–Crippen LogP) is 3.22. The molecular formula is C19H26N6O2S2. The molecule has 2 aromatic rings. The number of para-hydroxylation sites is 1. The van der Waals surface area contributed by atoms with E-state index in [1.807, 2.05) is 30.3 Å². The van der Waals surface area contributed by atoms with Crippen molar-refractivity contribution in [2.24, 2.45) is 0 Å². The lowest BCUT2D eigenvalue weighted by molar-refractivity contribution is -0.129. The number of unbranched alkanes of at least 4 members (excludes halogenated alkanes) is 1. The molecule has 0 atom stereocenters. The van der Waals surface area contributed by atoms with E-state index in [1.165, 1.54) is 23.1 Å². The largest absolute Gasteiger partial charge is 0.360 e. The molecule has 2 N–H and O–H groups in total. The van der Waals surface area contributed by atoms with Gasteiger partial charge in [-0.15, -0.1) is 10.2 Å². The van der Waals surface area contributed by atoms with Crippen LogP contribution in [0.2, 0.25) is 0 Å². The first kappa shape index (κ1) is 21.4. The smallest absolute Gasteiger partial charge is 0.321 e. The van der Waals surface area contributed by atoms with Gasteiger partial charge in [0.05, 0.1) is 5.75 Å². The summed E-state index contributed by atoms with van der Waals surface area (Å²) in [6.45, 7) is 5.17. The van der Waals surface area contributed by atoms with E-state index in [4.69, 9.17) is 0 Å². The van der Waals surface area contributed by atoms with Crippen LogP contribution in [-0.2, 0) is 4.79 Å². The van der Waals surface area contributed by atoms with E-state index < -0.39 is 0 Å². The molecule has 0 unspecified atom stereocenters. The Hall–Kier alpha value is -2.33. The highest BCUT2D eigenvalue weighted by Crippen LogP contribution is 2.25. The van der Waals surface area contributed by atoms with E-state index in [0.29, 0.717) is 31.9 Å². The normalized spacial score (nSPS) is 14.0. The molecule has 1 aromatic heterocycles. The van der Waals surface area contributed by atoms with Crippen molar-refractivity contribution in [3.05, 3.63) is 30.3 Å². The highest BCUT2D eigenvalue weighted by molar-refractivity contribution is 8.01. The lowest BCUT2D eigenvalue weighted by atomic mass is 10.3. The van der Waals surface area contributed by atoms with Gasteiger partial charge in [-0.3, -0.25) is 4.79 Å². The maximum absolute atomic E-state index is 12.5. The van der Waals surface area contributed by atoms with Gasteiger partial charge in [-0.05, 0) is 18.6 Å². The molecule has 1 saturated heterocycles. The highest BCUT2D eigenvalue weighted by Gasteiger charge is 2.24. The van der Waals surface area contributed by atoms with Crippen molar-refractivity contribution in [2.45, 2.75) is 24.1 Å². The number of carbonyl (C=O) groups excluding carboxylic acids is 2. The van der Waals surface area contributed by atoms with Gasteiger partial charge in [-0.2, -0.15) is 0 Å². The minimum absolute atomic E-state index is 0.0637. The van der Waals surface area contributed by atoms with Crippen LogP contribution in [0.25, 0.3) is 0 Å². The molecule has 29 heavy (non-hydrogen) atoms. The molecule has 0 bridgehead atoms. The zero-order valence-electron chi connectivity index (χ0n) is 16.5. The summed E-state index contributed by atoms with van der Waals surface area (Å²) in [4.78, 5) is 28.4. The topological polar surface area (TPSA) is 90.5 Å². The monoisotopic (exact) mass is 434 g/mol. The molecule has 1 aromatic carbocycles. The van der Waals surface area contributed by atoms with E-state index in [-0.39, 0.29) is 11.9 Å². The van der Waals surface area contributed by atoms with Crippen LogP contribution in [0.4, 0.5) is 15.6 Å². The van der Waals surface area contributed by atoms with Crippen LogP contribution >= 0.6 is 23.1 Å². The van der Waals surface area contributed by atoms with Gasteiger partial charge in [-0.25, -0.2) is 4.79 Å². The first-order valence-electron chi connectivity index (χ1n) is 9.74. The zero-order chi connectivity index (χ0) is 20.5. The molecule has 1 aliphatic heterocycles. The van der Waals surface area contributed by atoms with Crippen molar-refractivity contribution >= 4 is 45.9 Å². The Labute approximate surface area is 179 Å². The number of benzene rings is 1. The third-order valence-electron chi connectivity index (χ3n) is 4.48. The van der Waals surface area contributed by atoms with Crippen LogP contribution in [-0.4, -0.2) is 70.4 Å². The summed E-state index contributed by atoms with van der Waals surface area (Å²) >= 11 is 2.89. The number of carbonyl (C=O) groups is 2. The Morgan fingerprint density at radius 3 is 2.55 bits per heavy atom. The molecule has 0 saturated carbocycles. The summed E-state index contributed by atoms with van der Waals surface area (Å²) in [5, 5.41) is 15.1. The summed E-state index contributed by atoms with van der Waals surface area (Å²) < 4.78 is 0.790. The SMILES string of the molecule is CCCCNc1nnc(SCC(=O)N2CCN(C(=O)Nc3ccccc3)CC2)s1. The summed E-state index contributed by atoms with van der Waals surface area (Å²) in [5.74, 6) is 0.397. The number of amides is 3. The highest BCUT2D eigenvalue weighted by atomic mass is 32.2. The van der Waals surface area contributed by atoms with Crippen LogP contribution in [0, 0.1) is 0 Å². The first-order valence-corrected chi connectivity index (χ1v) is 11.5. The van der Waals surface area contributed by atoms with Gasteiger partial charge in [0, 0.05) is 38.4 Å². The Balaban J connectivity index is 1.38. The number of anilines is 2. The van der Waals surface area contributed by atoms with Crippen LogP contribution < -0.4 is 10.6 Å². The molecule has 1 aliphatic rings. The van der Waals surface area contributed by atoms with Crippen LogP contribution in [0.5, 0.6) is 0 Å². The van der Waals surface area contributed by atoms with Crippen molar-refractivity contribution in [3.8, 4) is 0 Å². The Kier molecular flexibility index (Phi) is 8.12. The fraction of sp³-hybridized carbons (Fsp3) is 0.474. The van der Waals surface area contributed by atoms with Gasteiger partial charge in [-0.1, -0.05) is 54.6 Å². The average molecular weight is 435 g/mol. The number of aromatic nitrogens is 2. The van der Waals surface area contributed by atoms with Gasteiger partial charge in [0.2, 0.25) is 11.0 Å². The fourth-order valence-corrected chi connectivity index (χ4v) is 4.49. The second-order valence-electron chi connectivity index (χ2n) is 6.61. The lowest BCUT2D eigenvalue weighted by Gasteiger charge is -2.34. The standard InChI is InChI=1S/C19H26N6O2S2/c1-2-3-9-20-17-22-23-19(29-17)28-14-16(26)24-10-12-25(13-11-24)18(27)21-15-7-5-4-6-8-15/h4-8H,2-3,9-14H2,1H3,(H,20,22)(H,21,27). The van der Waals surface area contributed by atoms with Crippen molar-refractivity contribution in [1.29, 1.82) is 0 Å². The van der Waals surface area contributed by atoms with E-state index in [1.54, 1.807) is 9.80 Å². The van der Waals surface area contributed by atoms with Crippen LogP contribution in [0.1, 0.15) is 19.8 Å². The minimum atomic E-state index is -0.130. The van der Waals surface area contributed by atoms with Crippen LogP contribution in [0.3, 0.4) is 0 Å². The van der Waals surface area contributed by atoms with E-state index in [9.17, 15) is 9.59 Å². The summed E-state index contributed by atoms with van der Waals surface area (Å²) in [5.41, 5.74) is 0.771. The molecule has 0 radical (unpaired) electrons. The number of thioether (sulfide) groups is 1. The number of rotatable bonds is 8. The quantitative estimate of drug-likeness (QED) is 0.490. The van der Waals surface area contributed by atoms with Gasteiger partial charge in [0.1, 0.15) is 0 Å². The second kappa shape index (κ2) is 11.0. The van der Waals surface area contributed by atoms with Crippen molar-refractivity contribution < 1.29 is 9.59 Å². The maximum atomic E-state index is 12.5. The Morgan fingerprint density at radius 1 is 1.10 bits per heavy atom. The Morgan fingerprint density at radius 2 is 1.83 bits per heavy atom.